The fraction of sp³-hybridized carbons (Fsp3) is 0.458. The molecular weight excluding hydrogens is 388 g/mol. The summed E-state index contributed by atoms with van der Waals surface area (Å²) in [5, 5.41) is 30.2. The van der Waals surface area contributed by atoms with Crippen LogP contribution in [0, 0.1) is 0 Å². The Balaban J connectivity index is 1.35. The van der Waals surface area contributed by atoms with Gasteiger partial charge in [-0.1, -0.05) is 6.07 Å². The van der Waals surface area contributed by atoms with Crippen molar-refractivity contribution in [1.82, 2.24) is 25.7 Å². The molecule has 3 atom stereocenters. The highest BCUT2D eigenvalue weighted by molar-refractivity contribution is 5.73. The molecule has 2 aromatic heterocycles. The summed E-state index contributed by atoms with van der Waals surface area (Å²) in [5.74, 6) is 1.05. The van der Waals surface area contributed by atoms with Gasteiger partial charge < -0.3 is 15.3 Å². The van der Waals surface area contributed by atoms with Crippen molar-refractivity contribution >= 4 is 5.82 Å². The van der Waals surface area contributed by atoms with Gasteiger partial charge in [0.1, 0.15) is 5.75 Å². The molecule has 0 aliphatic carbocycles. The zero-order valence-corrected chi connectivity index (χ0v) is 18.4. The number of piperidine rings is 2. The molecule has 4 heterocycles. The zero-order chi connectivity index (χ0) is 21.6. The summed E-state index contributed by atoms with van der Waals surface area (Å²) in [6.45, 7) is 4.71. The van der Waals surface area contributed by atoms with E-state index in [-0.39, 0.29) is 16.8 Å². The van der Waals surface area contributed by atoms with E-state index < -0.39 is 0 Å². The number of aromatic amines is 1. The van der Waals surface area contributed by atoms with Crippen LogP contribution in [0.3, 0.4) is 0 Å². The van der Waals surface area contributed by atoms with Crippen molar-refractivity contribution in [3.05, 3.63) is 42.7 Å². The molecule has 7 nitrogen and oxygen atoms in total. The SMILES string of the molecule is CN(c1ccc(-c2ccc(-c3cn[nH]c3)cc2O)nn1)[C@@H]1CC2(C)CCC[C@@](C)(C1)N2. The number of fused-ring (bicyclic) bond motifs is 2. The van der Waals surface area contributed by atoms with Crippen LogP contribution in [0.15, 0.2) is 42.7 Å². The van der Waals surface area contributed by atoms with Crippen LogP contribution in [0.4, 0.5) is 5.82 Å². The number of benzene rings is 1. The van der Waals surface area contributed by atoms with E-state index in [0.717, 1.165) is 29.8 Å². The Labute approximate surface area is 182 Å². The van der Waals surface area contributed by atoms with Crippen molar-refractivity contribution in [3.8, 4) is 28.1 Å². The average molecular weight is 419 g/mol. The van der Waals surface area contributed by atoms with Crippen molar-refractivity contribution in [2.45, 2.75) is 63.1 Å². The summed E-state index contributed by atoms with van der Waals surface area (Å²) >= 11 is 0. The van der Waals surface area contributed by atoms with E-state index in [1.165, 1.54) is 19.3 Å². The molecule has 2 fully saturated rings. The highest BCUT2D eigenvalue weighted by Crippen LogP contribution is 2.42. The van der Waals surface area contributed by atoms with E-state index in [4.69, 9.17) is 0 Å². The van der Waals surface area contributed by atoms with Gasteiger partial charge in [-0.15, -0.1) is 10.2 Å². The number of phenolic OH excluding ortho intramolecular Hbond substituents is 1. The Morgan fingerprint density at radius 2 is 1.81 bits per heavy atom. The van der Waals surface area contributed by atoms with Crippen LogP contribution in [-0.2, 0) is 0 Å². The van der Waals surface area contributed by atoms with E-state index in [1.54, 1.807) is 18.5 Å². The largest absolute Gasteiger partial charge is 0.507 e. The van der Waals surface area contributed by atoms with Crippen LogP contribution in [0.25, 0.3) is 22.4 Å². The summed E-state index contributed by atoms with van der Waals surface area (Å²) in [4.78, 5) is 2.28. The van der Waals surface area contributed by atoms with Gasteiger partial charge in [-0.2, -0.15) is 5.10 Å². The van der Waals surface area contributed by atoms with E-state index in [0.29, 0.717) is 17.3 Å². The molecule has 7 heteroatoms. The number of rotatable bonds is 4. The first kappa shape index (κ1) is 20.0. The van der Waals surface area contributed by atoms with Crippen molar-refractivity contribution in [1.29, 1.82) is 0 Å². The molecule has 162 valence electrons. The molecule has 31 heavy (non-hydrogen) atoms. The van der Waals surface area contributed by atoms with Gasteiger partial charge in [-0.05, 0) is 75.8 Å². The number of hydrogen-bond donors (Lipinski definition) is 3. The van der Waals surface area contributed by atoms with Gasteiger partial charge in [0.15, 0.2) is 5.82 Å². The van der Waals surface area contributed by atoms with E-state index in [9.17, 15) is 5.11 Å². The maximum atomic E-state index is 10.6. The maximum absolute atomic E-state index is 10.6. The van der Waals surface area contributed by atoms with Gasteiger partial charge in [0, 0.05) is 41.5 Å². The van der Waals surface area contributed by atoms with E-state index in [1.807, 2.05) is 24.3 Å². The lowest BCUT2D eigenvalue weighted by Gasteiger charge is -2.55. The number of H-pyrrole nitrogens is 1. The number of anilines is 1. The van der Waals surface area contributed by atoms with Crippen molar-refractivity contribution in [3.63, 3.8) is 0 Å². The third kappa shape index (κ3) is 3.78. The minimum absolute atomic E-state index is 0.182. The summed E-state index contributed by atoms with van der Waals surface area (Å²) < 4.78 is 0. The van der Waals surface area contributed by atoms with E-state index >= 15 is 0 Å². The monoisotopic (exact) mass is 418 g/mol. The number of phenols is 1. The number of nitrogens with one attached hydrogen (secondary N) is 2. The number of aromatic nitrogens is 4. The average Bonchev–Trinajstić information content (AvgIpc) is 3.27. The normalized spacial score (nSPS) is 27.8. The molecule has 3 N–H and O–H groups in total. The number of aromatic hydroxyl groups is 1. The molecule has 1 unspecified atom stereocenters. The highest BCUT2D eigenvalue weighted by atomic mass is 16.3. The molecule has 0 saturated carbocycles. The van der Waals surface area contributed by atoms with Crippen molar-refractivity contribution in [2.24, 2.45) is 0 Å². The lowest BCUT2D eigenvalue weighted by atomic mass is 9.69. The first-order chi connectivity index (χ1) is 14.8. The lowest BCUT2D eigenvalue weighted by Crippen LogP contribution is -2.66. The quantitative estimate of drug-likeness (QED) is 0.590. The summed E-state index contributed by atoms with van der Waals surface area (Å²) in [5.41, 5.74) is 3.55. The molecule has 3 aromatic rings. The second kappa shape index (κ2) is 7.34. The van der Waals surface area contributed by atoms with Crippen LogP contribution in [-0.4, -0.2) is 49.7 Å². The zero-order valence-electron chi connectivity index (χ0n) is 18.4. The highest BCUT2D eigenvalue weighted by Gasteiger charge is 2.46. The molecule has 5 rings (SSSR count). The summed E-state index contributed by atoms with van der Waals surface area (Å²) in [6.07, 6.45) is 9.51. The second-order valence-electron chi connectivity index (χ2n) is 9.77. The smallest absolute Gasteiger partial charge is 0.151 e. The standard InChI is InChI=1S/C24H30N6O/c1-23-9-4-10-24(2,29-23)13-18(12-23)30(3)22-8-7-20(27-28-22)19-6-5-16(11-21(19)31)17-14-25-26-15-17/h5-8,11,14-15,18,29,31H,4,9-10,12-13H2,1-3H3,(H,25,26)/t18-,23-,24?/m0/s1. The number of hydrogen-bond acceptors (Lipinski definition) is 6. The molecule has 2 aliphatic rings. The van der Waals surface area contributed by atoms with Gasteiger partial charge in [0.05, 0.1) is 11.9 Å². The second-order valence-corrected chi connectivity index (χ2v) is 9.77. The Morgan fingerprint density at radius 1 is 1.03 bits per heavy atom. The fourth-order valence-corrected chi connectivity index (χ4v) is 5.60. The van der Waals surface area contributed by atoms with Crippen LogP contribution in [0.1, 0.15) is 46.0 Å². The first-order valence-electron chi connectivity index (χ1n) is 11.0. The molecule has 1 aromatic carbocycles. The molecule has 2 aliphatic heterocycles. The first-order valence-corrected chi connectivity index (χ1v) is 11.0. The predicted molar refractivity (Wildman–Crippen MR) is 122 cm³/mol. The molecule has 0 radical (unpaired) electrons. The van der Waals surface area contributed by atoms with Gasteiger partial charge in [0.2, 0.25) is 0 Å². The molecule has 2 saturated heterocycles. The molecular formula is C24H30N6O. The number of nitrogens with zero attached hydrogens (tertiary/aromatic N) is 4. The summed E-state index contributed by atoms with van der Waals surface area (Å²) in [7, 11) is 2.12. The third-order valence-electron chi connectivity index (χ3n) is 7.10. The predicted octanol–water partition coefficient (Wildman–Crippen LogP) is 4.13. The van der Waals surface area contributed by atoms with Crippen LogP contribution < -0.4 is 10.2 Å². The molecule has 0 spiro atoms. The Bertz CT molecular complexity index is 1050. The van der Waals surface area contributed by atoms with Gasteiger partial charge in [-0.25, -0.2) is 0 Å². The van der Waals surface area contributed by atoms with Crippen LogP contribution in [0.2, 0.25) is 0 Å². The maximum Gasteiger partial charge on any atom is 0.151 e. The Morgan fingerprint density at radius 3 is 2.42 bits per heavy atom. The van der Waals surface area contributed by atoms with Crippen LogP contribution in [0.5, 0.6) is 5.75 Å². The Kier molecular flexibility index (Phi) is 4.73. The summed E-state index contributed by atoms with van der Waals surface area (Å²) in [6, 6.07) is 9.94. The Hall–Kier alpha value is -2.93. The minimum Gasteiger partial charge on any atom is -0.507 e. The van der Waals surface area contributed by atoms with Crippen molar-refractivity contribution < 1.29 is 5.11 Å². The topological polar surface area (TPSA) is 90.0 Å². The van der Waals surface area contributed by atoms with Crippen LogP contribution >= 0.6 is 0 Å². The fourth-order valence-electron chi connectivity index (χ4n) is 5.60. The lowest BCUT2D eigenvalue weighted by molar-refractivity contribution is 0.0784. The third-order valence-corrected chi connectivity index (χ3v) is 7.10. The minimum atomic E-state index is 0.182. The van der Waals surface area contributed by atoms with Gasteiger partial charge >= 0.3 is 0 Å². The molecule has 2 bridgehead atoms. The van der Waals surface area contributed by atoms with Gasteiger partial charge in [0.25, 0.3) is 0 Å². The van der Waals surface area contributed by atoms with Gasteiger partial charge in [-0.3, -0.25) is 5.10 Å². The van der Waals surface area contributed by atoms with Crippen molar-refractivity contribution in [2.75, 3.05) is 11.9 Å². The molecule has 0 amide bonds. The van der Waals surface area contributed by atoms with E-state index in [2.05, 4.69) is 51.5 Å².